The lowest BCUT2D eigenvalue weighted by Crippen LogP contribution is -2.31. The molecule has 138 valence electrons. The second kappa shape index (κ2) is 9.62. The third kappa shape index (κ3) is 5.63. The van der Waals surface area contributed by atoms with Gasteiger partial charge < -0.3 is 19.5 Å². The standard InChI is InChI=1S/C19H21NO5S/c1-13(16-10-15(23-2)5-6-17(16)24-3)20-18(21)11-25-19(22)7-4-14-8-9-26-12-14/h4-10,12-13H,11H2,1-3H3,(H,20,21)/b7-4+/t13-/m1/s1. The first-order valence-corrected chi connectivity index (χ1v) is 8.86. The number of carbonyl (C=O) groups excluding carboxylic acids is 2. The Bertz CT molecular complexity index is 770. The van der Waals surface area contributed by atoms with Crippen LogP contribution in [0.25, 0.3) is 6.08 Å². The Balaban J connectivity index is 1.88. The number of methoxy groups -OCH3 is 2. The van der Waals surface area contributed by atoms with Gasteiger partial charge in [-0.2, -0.15) is 11.3 Å². The van der Waals surface area contributed by atoms with Crippen molar-refractivity contribution in [2.24, 2.45) is 0 Å². The maximum atomic E-state index is 12.0. The summed E-state index contributed by atoms with van der Waals surface area (Å²) in [6, 6.07) is 6.88. The maximum Gasteiger partial charge on any atom is 0.331 e. The number of hydrogen-bond donors (Lipinski definition) is 1. The molecule has 1 amide bonds. The number of esters is 1. The molecule has 1 aromatic heterocycles. The van der Waals surface area contributed by atoms with Gasteiger partial charge in [0, 0.05) is 11.6 Å². The predicted octanol–water partition coefficient (Wildman–Crippen LogP) is 3.20. The van der Waals surface area contributed by atoms with Gasteiger partial charge in [0.25, 0.3) is 5.91 Å². The molecular formula is C19H21NO5S. The van der Waals surface area contributed by atoms with E-state index < -0.39 is 11.9 Å². The summed E-state index contributed by atoms with van der Waals surface area (Å²) in [7, 11) is 3.12. The van der Waals surface area contributed by atoms with E-state index in [1.807, 2.05) is 23.8 Å². The van der Waals surface area contributed by atoms with Crippen LogP contribution in [0.5, 0.6) is 11.5 Å². The molecule has 0 saturated carbocycles. The summed E-state index contributed by atoms with van der Waals surface area (Å²) in [5.74, 6) is 0.318. The number of carbonyl (C=O) groups is 2. The summed E-state index contributed by atoms with van der Waals surface area (Å²) in [6.45, 7) is 1.46. The molecular weight excluding hydrogens is 354 g/mol. The molecule has 1 aromatic carbocycles. The Kier molecular flexibility index (Phi) is 7.23. The van der Waals surface area contributed by atoms with Gasteiger partial charge in [-0.05, 0) is 53.6 Å². The number of amides is 1. The molecule has 7 heteroatoms. The van der Waals surface area contributed by atoms with Gasteiger partial charge >= 0.3 is 5.97 Å². The van der Waals surface area contributed by atoms with Gasteiger partial charge in [0.15, 0.2) is 6.61 Å². The molecule has 0 bridgehead atoms. The van der Waals surface area contributed by atoms with Crippen molar-refractivity contribution in [3.63, 3.8) is 0 Å². The fourth-order valence-corrected chi connectivity index (χ4v) is 2.89. The highest BCUT2D eigenvalue weighted by atomic mass is 32.1. The summed E-state index contributed by atoms with van der Waals surface area (Å²) in [5, 5.41) is 6.58. The molecule has 1 N–H and O–H groups in total. The lowest BCUT2D eigenvalue weighted by molar-refractivity contribution is -0.144. The SMILES string of the molecule is COc1ccc(OC)c([C@@H](C)NC(=O)COC(=O)/C=C/c2ccsc2)c1. The zero-order valence-electron chi connectivity index (χ0n) is 14.9. The average Bonchev–Trinajstić information content (AvgIpc) is 3.17. The molecule has 2 rings (SSSR count). The lowest BCUT2D eigenvalue weighted by Gasteiger charge is -2.18. The van der Waals surface area contributed by atoms with Crippen molar-refractivity contribution in [2.45, 2.75) is 13.0 Å². The van der Waals surface area contributed by atoms with Gasteiger partial charge in [-0.15, -0.1) is 0 Å². The van der Waals surface area contributed by atoms with Crippen LogP contribution in [0.15, 0.2) is 41.1 Å². The summed E-state index contributed by atoms with van der Waals surface area (Å²) in [4.78, 5) is 23.7. The molecule has 0 spiro atoms. The van der Waals surface area contributed by atoms with Crippen molar-refractivity contribution >= 4 is 29.3 Å². The normalized spacial score (nSPS) is 11.8. The smallest absolute Gasteiger partial charge is 0.331 e. The molecule has 0 aliphatic carbocycles. The third-order valence-electron chi connectivity index (χ3n) is 3.58. The van der Waals surface area contributed by atoms with Crippen LogP contribution in [0.1, 0.15) is 24.1 Å². The molecule has 26 heavy (non-hydrogen) atoms. The van der Waals surface area contributed by atoms with Crippen LogP contribution in [-0.2, 0) is 14.3 Å². The van der Waals surface area contributed by atoms with Crippen molar-refractivity contribution in [3.05, 3.63) is 52.2 Å². The van der Waals surface area contributed by atoms with E-state index in [2.05, 4.69) is 5.32 Å². The first-order valence-electron chi connectivity index (χ1n) is 7.91. The zero-order valence-corrected chi connectivity index (χ0v) is 15.7. The van der Waals surface area contributed by atoms with Crippen LogP contribution < -0.4 is 14.8 Å². The van der Waals surface area contributed by atoms with Gasteiger partial charge in [0.1, 0.15) is 11.5 Å². The highest BCUT2D eigenvalue weighted by Gasteiger charge is 2.16. The molecule has 1 atom stereocenters. The fourth-order valence-electron chi connectivity index (χ4n) is 2.26. The molecule has 0 radical (unpaired) electrons. The second-order valence-electron chi connectivity index (χ2n) is 5.39. The summed E-state index contributed by atoms with van der Waals surface area (Å²) < 4.78 is 15.5. The van der Waals surface area contributed by atoms with E-state index >= 15 is 0 Å². The first kappa shape index (κ1) is 19.5. The van der Waals surface area contributed by atoms with Crippen molar-refractivity contribution in [1.29, 1.82) is 0 Å². The van der Waals surface area contributed by atoms with Crippen LogP contribution in [0.2, 0.25) is 0 Å². The molecule has 0 saturated heterocycles. The van der Waals surface area contributed by atoms with Crippen molar-refractivity contribution < 1.29 is 23.8 Å². The minimum absolute atomic E-state index is 0.340. The Labute approximate surface area is 156 Å². The largest absolute Gasteiger partial charge is 0.497 e. The van der Waals surface area contributed by atoms with Crippen molar-refractivity contribution in [3.8, 4) is 11.5 Å². The quantitative estimate of drug-likeness (QED) is 0.567. The van der Waals surface area contributed by atoms with Crippen LogP contribution in [0, 0.1) is 0 Å². The van der Waals surface area contributed by atoms with E-state index in [-0.39, 0.29) is 12.6 Å². The molecule has 1 heterocycles. The van der Waals surface area contributed by atoms with Crippen LogP contribution in [0.3, 0.4) is 0 Å². The van der Waals surface area contributed by atoms with E-state index in [0.29, 0.717) is 11.5 Å². The number of nitrogens with one attached hydrogen (secondary N) is 1. The van der Waals surface area contributed by atoms with E-state index in [9.17, 15) is 9.59 Å². The Hall–Kier alpha value is -2.80. The second-order valence-corrected chi connectivity index (χ2v) is 6.17. The summed E-state index contributed by atoms with van der Waals surface area (Å²) >= 11 is 1.53. The topological polar surface area (TPSA) is 73.9 Å². The molecule has 2 aromatic rings. The molecule has 6 nitrogen and oxygen atoms in total. The Morgan fingerprint density at radius 2 is 2.04 bits per heavy atom. The van der Waals surface area contributed by atoms with Gasteiger partial charge in [0.2, 0.25) is 0 Å². The van der Waals surface area contributed by atoms with Crippen LogP contribution in [0.4, 0.5) is 0 Å². The average molecular weight is 375 g/mol. The minimum Gasteiger partial charge on any atom is -0.497 e. The number of benzene rings is 1. The van der Waals surface area contributed by atoms with Gasteiger partial charge in [-0.25, -0.2) is 4.79 Å². The first-order chi connectivity index (χ1) is 12.5. The minimum atomic E-state index is -0.571. The lowest BCUT2D eigenvalue weighted by atomic mass is 10.1. The Morgan fingerprint density at radius 1 is 1.23 bits per heavy atom. The number of rotatable bonds is 8. The molecule has 0 aliphatic rings. The molecule has 0 fully saturated rings. The Morgan fingerprint density at radius 3 is 2.69 bits per heavy atom. The molecule has 0 unspecified atom stereocenters. The number of ether oxygens (including phenoxy) is 3. The highest BCUT2D eigenvalue weighted by Crippen LogP contribution is 2.29. The van der Waals surface area contributed by atoms with Crippen LogP contribution in [-0.4, -0.2) is 32.7 Å². The third-order valence-corrected chi connectivity index (χ3v) is 4.28. The van der Waals surface area contributed by atoms with Crippen molar-refractivity contribution in [1.82, 2.24) is 5.32 Å². The molecule has 0 aliphatic heterocycles. The van der Waals surface area contributed by atoms with Gasteiger partial charge in [-0.3, -0.25) is 4.79 Å². The van der Waals surface area contributed by atoms with Gasteiger partial charge in [-0.1, -0.05) is 0 Å². The van der Waals surface area contributed by atoms with Crippen LogP contribution >= 0.6 is 11.3 Å². The highest BCUT2D eigenvalue weighted by molar-refractivity contribution is 7.08. The van der Waals surface area contributed by atoms with Gasteiger partial charge in [0.05, 0.1) is 20.3 Å². The maximum absolute atomic E-state index is 12.0. The van der Waals surface area contributed by atoms with E-state index in [0.717, 1.165) is 11.1 Å². The fraction of sp³-hybridized carbons (Fsp3) is 0.263. The monoisotopic (exact) mass is 375 g/mol. The summed E-state index contributed by atoms with van der Waals surface area (Å²) in [6.07, 6.45) is 2.93. The number of hydrogen-bond acceptors (Lipinski definition) is 6. The van der Waals surface area contributed by atoms with E-state index in [1.54, 1.807) is 38.5 Å². The van der Waals surface area contributed by atoms with E-state index in [1.165, 1.54) is 17.4 Å². The van der Waals surface area contributed by atoms with E-state index in [4.69, 9.17) is 14.2 Å². The number of thiophene rings is 1. The predicted molar refractivity (Wildman–Crippen MR) is 100 cm³/mol. The summed E-state index contributed by atoms with van der Waals surface area (Å²) in [5.41, 5.74) is 1.68. The zero-order chi connectivity index (χ0) is 18.9. The van der Waals surface area contributed by atoms with Crippen molar-refractivity contribution in [2.75, 3.05) is 20.8 Å².